The smallest absolute Gasteiger partial charge is 0.226 e. The number of hydrogen-bond donors (Lipinski definition) is 2. The number of nitrogens with zero attached hydrogens (tertiary/aromatic N) is 4. The average molecular weight is 302 g/mol. The first-order valence-corrected chi connectivity index (χ1v) is 7.59. The van der Waals surface area contributed by atoms with Crippen LogP contribution in [-0.2, 0) is 4.74 Å². The molecule has 0 bridgehead atoms. The van der Waals surface area contributed by atoms with Crippen LogP contribution < -0.4 is 11.1 Å². The van der Waals surface area contributed by atoms with Crippen LogP contribution in [0.3, 0.4) is 0 Å². The van der Waals surface area contributed by atoms with Crippen molar-refractivity contribution in [2.45, 2.75) is 13.8 Å². The summed E-state index contributed by atoms with van der Waals surface area (Å²) in [5.74, 6) is 1.01. The van der Waals surface area contributed by atoms with Crippen LogP contribution in [-0.4, -0.2) is 59.2 Å². The number of nitrogens with two attached hydrogens (primary N) is 1. The van der Waals surface area contributed by atoms with Crippen LogP contribution in [0.25, 0.3) is 11.0 Å². The van der Waals surface area contributed by atoms with Crippen molar-refractivity contribution >= 4 is 22.8 Å². The van der Waals surface area contributed by atoms with Gasteiger partial charge < -0.3 is 15.8 Å². The molecule has 0 radical (unpaired) electrons. The molecule has 2 aromatic rings. The predicted molar refractivity (Wildman–Crippen MR) is 87.0 cm³/mol. The summed E-state index contributed by atoms with van der Waals surface area (Å²) in [5, 5.41) is 4.08. The Labute approximate surface area is 129 Å². The van der Waals surface area contributed by atoms with Crippen LogP contribution in [0.1, 0.15) is 11.3 Å². The fraction of sp³-hybridized carbons (Fsp3) is 0.533. The monoisotopic (exact) mass is 302 g/mol. The van der Waals surface area contributed by atoms with Crippen molar-refractivity contribution in [3.63, 3.8) is 0 Å². The van der Waals surface area contributed by atoms with E-state index < -0.39 is 0 Å². The maximum absolute atomic E-state index is 6.06. The SMILES string of the molecule is Cc1cc(C)c2c(N)nc(NCCN3CCOCC3)nc2n1. The highest BCUT2D eigenvalue weighted by molar-refractivity contribution is 5.89. The quantitative estimate of drug-likeness (QED) is 0.869. The lowest BCUT2D eigenvalue weighted by Gasteiger charge is -2.26. The second-order valence-corrected chi connectivity index (χ2v) is 5.59. The first-order valence-electron chi connectivity index (χ1n) is 7.59. The molecule has 1 aliphatic heterocycles. The fourth-order valence-electron chi connectivity index (χ4n) is 2.74. The first kappa shape index (κ1) is 14.9. The lowest BCUT2D eigenvalue weighted by molar-refractivity contribution is 0.0398. The van der Waals surface area contributed by atoms with Crippen molar-refractivity contribution < 1.29 is 4.74 Å². The molecule has 1 aliphatic rings. The van der Waals surface area contributed by atoms with Gasteiger partial charge in [-0.1, -0.05) is 0 Å². The third-order valence-electron chi connectivity index (χ3n) is 3.83. The second kappa shape index (κ2) is 6.41. The lowest BCUT2D eigenvalue weighted by atomic mass is 10.1. The molecule has 7 nitrogen and oxygen atoms in total. The van der Waals surface area contributed by atoms with E-state index in [0.29, 0.717) is 17.4 Å². The van der Waals surface area contributed by atoms with Crippen LogP contribution in [0.5, 0.6) is 0 Å². The summed E-state index contributed by atoms with van der Waals surface area (Å²) in [5.41, 5.74) is 8.70. The van der Waals surface area contributed by atoms with E-state index in [4.69, 9.17) is 10.5 Å². The molecule has 0 amide bonds. The summed E-state index contributed by atoms with van der Waals surface area (Å²) < 4.78 is 5.34. The summed E-state index contributed by atoms with van der Waals surface area (Å²) >= 11 is 0. The standard InChI is InChI=1S/C15H22N6O/c1-10-9-11(2)18-14-12(10)13(16)19-15(20-14)17-3-4-21-5-7-22-8-6-21/h9H,3-8H2,1-2H3,(H3,16,17,18,19,20). The van der Waals surface area contributed by atoms with E-state index in [0.717, 1.165) is 56.0 Å². The van der Waals surface area contributed by atoms with Crippen LogP contribution in [0.15, 0.2) is 6.07 Å². The summed E-state index contributed by atoms with van der Waals surface area (Å²) in [7, 11) is 0. The molecule has 0 spiro atoms. The number of nitrogens with one attached hydrogen (secondary N) is 1. The molecule has 22 heavy (non-hydrogen) atoms. The minimum Gasteiger partial charge on any atom is -0.383 e. The summed E-state index contributed by atoms with van der Waals surface area (Å²) in [6.45, 7) is 9.23. The molecule has 1 fully saturated rings. The number of rotatable bonds is 4. The number of aryl methyl sites for hydroxylation is 2. The van der Waals surface area contributed by atoms with Gasteiger partial charge in [0.15, 0.2) is 5.65 Å². The number of pyridine rings is 1. The lowest BCUT2D eigenvalue weighted by Crippen LogP contribution is -2.39. The van der Waals surface area contributed by atoms with Gasteiger partial charge in [-0.3, -0.25) is 4.90 Å². The highest BCUT2D eigenvalue weighted by atomic mass is 16.5. The zero-order chi connectivity index (χ0) is 15.5. The van der Waals surface area contributed by atoms with Crippen molar-refractivity contribution in [1.82, 2.24) is 19.9 Å². The van der Waals surface area contributed by atoms with Crippen LogP contribution in [0.4, 0.5) is 11.8 Å². The van der Waals surface area contributed by atoms with Crippen molar-refractivity contribution in [3.05, 3.63) is 17.3 Å². The first-order chi connectivity index (χ1) is 10.6. The Kier molecular flexibility index (Phi) is 4.35. The van der Waals surface area contributed by atoms with Gasteiger partial charge in [-0.25, -0.2) is 4.98 Å². The number of aromatic nitrogens is 3. The van der Waals surface area contributed by atoms with Crippen molar-refractivity contribution in [2.75, 3.05) is 50.4 Å². The highest BCUT2D eigenvalue weighted by Gasteiger charge is 2.11. The predicted octanol–water partition coefficient (Wildman–Crippen LogP) is 0.968. The molecule has 118 valence electrons. The average Bonchev–Trinajstić information content (AvgIpc) is 2.47. The van der Waals surface area contributed by atoms with Gasteiger partial charge >= 0.3 is 0 Å². The number of morpholine rings is 1. The Balaban J connectivity index is 1.71. The third kappa shape index (κ3) is 3.26. The number of nitrogen functional groups attached to an aromatic ring is 1. The van der Waals surface area contributed by atoms with Crippen molar-refractivity contribution in [3.8, 4) is 0 Å². The zero-order valence-corrected chi connectivity index (χ0v) is 13.1. The van der Waals surface area contributed by atoms with Gasteiger partial charge in [0.05, 0.1) is 18.6 Å². The molecule has 7 heteroatoms. The highest BCUT2D eigenvalue weighted by Crippen LogP contribution is 2.22. The molecule has 0 saturated carbocycles. The topological polar surface area (TPSA) is 89.2 Å². The van der Waals surface area contributed by atoms with E-state index in [1.54, 1.807) is 0 Å². The molecule has 3 rings (SSSR count). The summed E-state index contributed by atoms with van der Waals surface area (Å²) in [6.07, 6.45) is 0. The van der Waals surface area contributed by atoms with E-state index >= 15 is 0 Å². The Hall–Kier alpha value is -1.99. The summed E-state index contributed by atoms with van der Waals surface area (Å²) in [4.78, 5) is 15.6. The molecular formula is C15H22N6O. The van der Waals surface area contributed by atoms with Gasteiger partial charge in [0.2, 0.25) is 5.95 Å². The second-order valence-electron chi connectivity index (χ2n) is 5.59. The molecule has 0 aromatic carbocycles. The minimum absolute atomic E-state index is 0.476. The van der Waals surface area contributed by atoms with Gasteiger partial charge in [-0.2, -0.15) is 9.97 Å². The van der Waals surface area contributed by atoms with Gasteiger partial charge in [0.1, 0.15) is 5.82 Å². The van der Waals surface area contributed by atoms with E-state index in [1.807, 2.05) is 19.9 Å². The largest absolute Gasteiger partial charge is 0.383 e. The zero-order valence-electron chi connectivity index (χ0n) is 13.1. The van der Waals surface area contributed by atoms with E-state index in [9.17, 15) is 0 Å². The van der Waals surface area contributed by atoms with Crippen LogP contribution in [0, 0.1) is 13.8 Å². The Morgan fingerprint density at radius 2 is 2.00 bits per heavy atom. The Morgan fingerprint density at radius 1 is 1.23 bits per heavy atom. The fourth-order valence-corrected chi connectivity index (χ4v) is 2.74. The molecule has 0 aliphatic carbocycles. The van der Waals surface area contributed by atoms with Crippen LogP contribution in [0.2, 0.25) is 0 Å². The Bertz CT molecular complexity index is 669. The molecule has 3 N–H and O–H groups in total. The number of ether oxygens (including phenoxy) is 1. The molecule has 2 aromatic heterocycles. The number of fused-ring (bicyclic) bond motifs is 1. The van der Waals surface area contributed by atoms with E-state index in [1.165, 1.54) is 0 Å². The Morgan fingerprint density at radius 3 is 2.77 bits per heavy atom. The van der Waals surface area contributed by atoms with Gasteiger partial charge in [0, 0.05) is 31.9 Å². The number of anilines is 2. The molecule has 3 heterocycles. The van der Waals surface area contributed by atoms with Crippen molar-refractivity contribution in [2.24, 2.45) is 0 Å². The van der Waals surface area contributed by atoms with Gasteiger partial charge in [-0.15, -0.1) is 0 Å². The molecular weight excluding hydrogens is 280 g/mol. The normalized spacial score (nSPS) is 16.1. The van der Waals surface area contributed by atoms with Gasteiger partial charge in [0.25, 0.3) is 0 Å². The van der Waals surface area contributed by atoms with E-state index in [2.05, 4.69) is 25.2 Å². The molecule has 0 atom stereocenters. The van der Waals surface area contributed by atoms with E-state index in [-0.39, 0.29) is 0 Å². The summed E-state index contributed by atoms with van der Waals surface area (Å²) in [6, 6.07) is 1.99. The molecule has 0 unspecified atom stereocenters. The van der Waals surface area contributed by atoms with Gasteiger partial charge in [-0.05, 0) is 25.5 Å². The maximum Gasteiger partial charge on any atom is 0.226 e. The minimum atomic E-state index is 0.476. The third-order valence-corrected chi connectivity index (χ3v) is 3.83. The van der Waals surface area contributed by atoms with Crippen LogP contribution >= 0.6 is 0 Å². The van der Waals surface area contributed by atoms with Crippen molar-refractivity contribution in [1.29, 1.82) is 0 Å². The maximum atomic E-state index is 6.06. The number of hydrogen-bond acceptors (Lipinski definition) is 7. The molecule has 1 saturated heterocycles.